The monoisotopic (exact) mass is 328 g/mol. The molecule has 2 rings (SSSR count). The second-order valence-electron chi connectivity index (χ2n) is 4.86. The summed E-state index contributed by atoms with van der Waals surface area (Å²) in [7, 11) is 0. The molecule has 124 valence electrons. The molecule has 6 heteroatoms. The van der Waals surface area contributed by atoms with Gasteiger partial charge in [0.25, 0.3) is 0 Å². The molecule has 0 N–H and O–H groups in total. The molecule has 2 aromatic rings. The maximum Gasteiger partial charge on any atom is 0.373 e. The van der Waals surface area contributed by atoms with E-state index in [2.05, 4.69) is 16.7 Å². The molecule has 0 saturated heterocycles. The summed E-state index contributed by atoms with van der Waals surface area (Å²) in [4.78, 5) is 42.5. The topological polar surface area (TPSA) is 71.1 Å². The fourth-order valence-corrected chi connectivity index (χ4v) is 1.58. The first kappa shape index (κ1) is 17.7. The Labute approximate surface area is 139 Å². The van der Waals surface area contributed by atoms with Crippen molar-refractivity contribution < 1.29 is 29.1 Å². The van der Waals surface area contributed by atoms with Crippen LogP contribution in [0.4, 0.5) is 0 Å². The fraction of sp³-hybridized carbons (Fsp3) is 0.111. The summed E-state index contributed by atoms with van der Waals surface area (Å²) < 4.78 is 0. The average molecular weight is 328 g/mol. The van der Waals surface area contributed by atoms with Crippen LogP contribution in [-0.4, -0.2) is 11.9 Å². The van der Waals surface area contributed by atoms with Gasteiger partial charge >= 0.3 is 18.2 Å². The van der Waals surface area contributed by atoms with E-state index in [0.717, 1.165) is 0 Å². The van der Waals surface area contributed by atoms with Crippen LogP contribution in [0.3, 0.4) is 0 Å². The minimum Gasteiger partial charge on any atom is -0.289 e. The highest BCUT2D eigenvalue weighted by atomic mass is 17.3. The maximum absolute atomic E-state index is 11.8. The van der Waals surface area contributed by atoms with Gasteiger partial charge in [-0.15, -0.1) is 9.78 Å². The molecule has 1 atom stereocenters. The summed E-state index contributed by atoms with van der Waals surface area (Å²) >= 11 is 0. The zero-order valence-electron chi connectivity index (χ0n) is 13.0. The standard InChI is InChI=1S/C18H16O6/c1-13(2)18(23-21-16(19)14-9-5-3-6-10-14)24-22-17(20)15-11-7-4-8-12-15/h3-13H,1H2,2H3. The lowest BCUT2D eigenvalue weighted by molar-refractivity contribution is -0.369. The van der Waals surface area contributed by atoms with E-state index in [1.54, 1.807) is 67.6 Å². The van der Waals surface area contributed by atoms with Crippen molar-refractivity contribution in [1.82, 2.24) is 0 Å². The molecule has 0 amide bonds. The fourth-order valence-electron chi connectivity index (χ4n) is 1.58. The van der Waals surface area contributed by atoms with Crippen molar-refractivity contribution in [3.05, 3.63) is 85.0 Å². The van der Waals surface area contributed by atoms with E-state index in [-0.39, 0.29) is 6.29 Å². The van der Waals surface area contributed by atoms with Crippen LogP contribution < -0.4 is 0 Å². The molecule has 0 aromatic heterocycles. The van der Waals surface area contributed by atoms with Crippen LogP contribution in [0.15, 0.2) is 60.7 Å². The van der Waals surface area contributed by atoms with E-state index in [1.165, 1.54) is 0 Å². The van der Waals surface area contributed by atoms with E-state index in [9.17, 15) is 9.59 Å². The number of hydrogen-bond acceptors (Lipinski definition) is 6. The lowest BCUT2D eigenvalue weighted by Crippen LogP contribution is -2.20. The molecule has 6 nitrogen and oxygen atoms in total. The van der Waals surface area contributed by atoms with Crippen molar-refractivity contribution in [2.24, 2.45) is 5.92 Å². The van der Waals surface area contributed by atoms with Crippen molar-refractivity contribution in [3.63, 3.8) is 0 Å². The Morgan fingerprint density at radius 1 is 0.750 bits per heavy atom. The minimum absolute atomic E-state index is 0.261. The van der Waals surface area contributed by atoms with Crippen molar-refractivity contribution >= 4 is 11.9 Å². The molecule has 0 heterocycles. The van der Waals surface area contributed by atoms with Gasteiger partial charge in [0.1, 0.15) is 0 Å². The van der Waals surface area contributed by atoms with Crippen molar-refractivity contribution in [2.45, 2.75) is 6.92 Å². The van der Waals surface area contributed by atoms with Crippen LogP contribution in [0.25, 0.3) is 0 Å². The lowest BCUT2D eigenvalue weighted by Gasteiger charge is -2.16. The first-order valence-electron chi connectivity index (χ1n) is 7.15. The van der Waals surface area contributed by atoms with E-state index in [1.807, 2.05) is 0 Å². The second-order valence-corrected chi connectivity index (χ2v) is 4.86. The predicted molar refractivity (Wildman–Crippen MR) is 83.6 cm³/mol. The minimum atomic E-state index is -0.716. The Balaban J connectivity index is 1.86. The summed E-state index contributed by atoms with van der Waals surface area (Å²) in [5, 5.41) is 0. The molecule has 0 saturated carbocycles. The van der Waals surface area contributed by atoms with E-state index in [4.69, 9.17) is 9.78 Å². The van der Waals surface area contributed by atoms with Crippen LogP contribution in [0.1, 0.15) is 27.6 Å². The first-order chi connectivity index (χ1) is 11.6. The molecule has 0 aliphatic rings. The van der Waals surface area contributed by atoms with Crippen LogP contribution in [0.2, 0.25) is 0 Å². The summed E-state index contributed by atoms with van der Waals surface area (Å²) in [6.07, 6.45) is -0.261. The number of carbonyl (C=O) groups excluding carboxylic acids is 2. The predicted octanol–water partition coefficient (Wildman–Crippen LogP) is 3.52. The molecule has 24 heavy (non-hydrogen) atoms. The Bertz CT molecular complexity index is 598. The van der Waals surface area contributed by atoms with Gasteiger partial charge in [0.05, 0.1) is 11.1 Å². The molecule has 1 unspecified atom stereocenters. The van der Waals surface area contributed by atoms with Crippen LogP contribution in [0.5, 0.6) is 0 Å². The van der Waals surface area contributed by atoms with E-state index in [0.29, 0.717) is 11.1 Å². The van der Waals surface area contributed by atoms with Crippen molar-refractivity contribution in [1.29, 1.82) is 0 Å². The Morgan fingerprint density at radius 2 is 1.12 bits per heavy atom. The number of rotatable bonds is 7. The van der Waals surface area contributed by atoms with Gasteiger partial charge in [0.2, 0.25) is 0 Å². The molecular formula is C18H16O6. The van der Waals surface area contributed by atoms with Crippen LogP contribution in [-0.2, 0) is 19.6 Å². The third kappa shape index (κ3) is 5.19. The normalized spacial score (nSPS) is 10.7. The highest BCUT2D eigenvalue weighted by Crippen LogP contribution is 2.19. The van der Waals surface area contributed by atoms with Gasteiger partial charge in [-0.05, 0) is 31.2 Å². The molecule has 2 radical (unpaired) electrons. The van der Waals surface area contributed by atoms with Crippen LogP contribution in [0, 0.1) is 19.1 Å². The first-order valence-corrected chi connectivity index (χ1v) is 7.15. The largest absolute Gasteiger partial charge is 0.373 e. The number of benzene rings is 2. The summed E-state index contributed by atoms with van der Waals surface area (Å²) in [6.45, 7) is 5.28. The van der Waals surface area contributed by atoms with Crippen molar-refractivity contribution in [2.75, 3.05) is 0 Å². The molecular weight excluding hydrogens is 312 g/mol. The number of carbonyl (C=O) groups is 2. The van der Waals surface area contributed by atoms with E-state index < -0.39 is 17.9 Å². The molecule has 2 aromatic carbocycles. The quantitative estimate of drug-likeness (QED) is 0.572. The zero-order chi connectivity index (χ0) is 17.4. The third-order valence-corrected chi connectivity index (χ3v) is 2.82. The van der Waals surface area contributed by atoms with E-state index >= 15 is 0 Å². The Morgan fingerprint density at radius 3 is 1.46 bits per heavy atom. The molecule has 0 bridgehead atoms. The summed E-state index contributed by atoms with van der Waals surface area (Å²) in [5.74, 6) is -1.99. The molecule has 0 fully saturated rings. The number of hydrogen-bond donors (Lipinski definition) is 0. The lowest BCUT2D eigenvalue weighted by atomic mass is 10.2. The Kier molecular flexibility index (Phi) is 6.48. The SMILES string of the molecule is [CH2]C(C)[C](OOC(=O)c1ccccc1)OOC(=O)c1ccccc1. The smallest absolute Gasteiger partial charge is 0.289 e. The van der Waals surface area contributed by atoms with Gasteiger partial charge < -0.3 is 0 Å². The Hall–Kier alpha value is -2.70. The van der Waals surface area contributed by atoms with Gasteiger partial charge in [-0.25, -0.2) is 9.59 Å². The highest BCUT2D eigenvalue weighted by Gasteiger charge is 2.25. The van der Waals surface area contributed by atoms with Gasteiger partial charge in [0.15, 0.2) is 0 Å². The average Bonchev–Trinajstić information content (AvgIpc) is 2.62. The van der Waals surface area contributed by atoms with Gasteiger partial charge in [-0.1, -0.05) is 43.3 Å². The molecule has 0 aliphatic heterocycles. The third-order valence-electron chi connectivity index (χ3n) is 2.82. The summed E-state index contributed by atoms with van der Waals surface area (Å²) in [6, 6.07) is 16.5. The summed E-state index contributed by atoms with van der Waals surface area (Å²) in [5.41, 5.74) is 0.602. The van der Waals surface area contributed by atoms with Crippen molar-refractivity contribution in [3.8, 4) is 0 Å². The second kappa shape index (κ2) is 8.81. The maximum atomic E-state index is 11.8. The highest BCUT2D eigenvalue weighted by molar-refractivity contribution is 5.89. The van der Waals surface area contributed by atoms with Gasteiger partial charge in [-0.2, -0.15) is 0 Å². The molecule has 0 aliphatic carbocycles. The van der Waals surface area contributed by atoms with Crippen LogP contribution >= 0.6 is 0 Å². The zero-order valence-corrected chi connectivity index (χ0v) is 13.0. The van der Waals surface area contributed by atoms with Gasteiger partial charge in [-0.3, -0.25) is 9.78 Å². The van der Waals surface area contributed by atoms with Gasteiger partial charge in [0, 0.05) is 5.92 Å². The molecule has 0 spiro atoms.